The Morgan fingerprint density at radius 2 is 2.21 bits per heavy atom. The topological polar surface area (TPSA) is 54.5 Å². The molecule has 19 heavy (non-hydrogen) atoms. The number of amides is 1. The van der Waals surface area contributed by atoms with Gasteiger partial charge in [0.15, 0.2) is 9.84 Å². The highest BCUT2D eigenvalue weighted by atomic mass is 32.2. The molecule has 1 aromatic heterocycles. The van der Waals surface area contributed by atoms with E-state index in [9.17, 15) is 13.2 Å². The molecule has 0 radical (unpaired) electrons. The zero-order valence-electron chi connectivity index (χ0n) is 10.6. The highest BCUT2D eigenvalue weighted by Crippen LogP contribution is 2.36. The van der Waals surface area contributed by atoms with Gasteiger partial charge in [0.05, 0.1) is 23.5 Å². The summed E-state index contributed by atoms with van der Waals surface area (Å²) in [5, 5.41) is 2.02. The molecular weight excluding hydrogens is 282 g/mol. The summed E-state index contributed by atoms with van der Waals surface area (Å²) in [5.74, 6) is -0.0667. The van der Waals surface area contributed by atoms with Crippen molar-refractivity contribution in [3.05, 3.63) is 22.4 Å². The number of nitrogens with zero attached hydrogens (tertiary/aromatic N) is 1. The largest absolute Gasteiger partial charge is 0.335 e. The van der Waals surface area contributed by atoms with E-state index >= 15 is 0 Å². The van der Waals surface area contributed by atoms with Crippen LogP contribution in [0.1, 0.15) is 30.2 Å². The first-order valence-corrected chi connectivity index (χ1v) is 9.31. The summed E-state index contributed by atoms with van der Waals surface area (Å²) >= 11 is 1.67. The molecular formula is C13H17NO3S2. The quantitative estimate of drug-likeness (QED) is 0.837. The lowest BCUT2D eigenvalue weighted by molar-refractivity contribution is -0.135. The van der Waals surface area contributed by atoms with E-state index in [0.717, 1.165) is 19.4 Å². The van der Waals surface area contributed by atoms with E-state index in [-0.39, 0.29) is 29.4 Å². The van der Waals surface area contributed by atoms with Gasteiger partial charge in [0.2, 0.25) is 5.91 Å². The maximum absolute atomic E-state index is 12.5. The van der Waals surface area contributed by atoms with E-state index in [1.54, 1.807) is 11.3 Å². The fourth-order valence-electron chi connectivity index (χ4n) is 3.03. The van der Waals surface area contributed by atoms with Crippen LogP contribution in [0, 0.1) is 5.92 Å². The number of carbonyl (C=O) groups is 1. The lowest BCUT2D eigenvalue weighted by Crippen LogP contribution is -2.36. The average molecular weight is 299 g/mol. The third-order valence-electron chi connectivity index (χ3n) is 3.99. The Kier molecular flexibility index (Phi) is 3.39. The second-order valence-corrected chi connectivity index (χ2v) is 8.51. The summed E-state index contributed by atoms with van der Waals surface area (Å²) in [6.45, 7) is 0.762. The van der Waals surface area contributed by atoms with E-state index in [1.165, 1.54) is 4.88 Å². The van der Waals surface area contributed by atoms with Gasteiger partial charge in [0.25, 0.3) is 0 Å². The van der Waals surface area contributed by atoms with Crippen LogP contribution in [0.15, 0.2) is 17.5 Å². The summed E-state index contributed by atoms with van der Waals surface area (Å²) in [6, 6.07) is 4.23. The molecule has 0 spiro atoms. The van der Waals surface area contributed by atoms with Crippen molar-refractivity contribution in [2.45, 2.75) is 25.3 Å². The molecule has 2 atom stereocenters. The zero-order chi connectivity index (χ0) is 13.5. The van der Waals surface area contributed by atoms with Crippen molar-refractivity contribution >= 4 is 27.1 Å². The summed E-state index contributed by atoms with van der Waals surface area (Å²) in [7, 11) is -2.99. The molecule has 2 saturated heterocycles. The van der Waals surface area contributed by atoms with Crippen LogP contribution in [0.25, 0.3) is 0 Å². The third kappa shape index (κ3) is 2.56. The van der Waals surface area contributed by atoms with E-state index < -0.39 is 9.84 Å². The van der Waals surface area contributed by atoms with Gasteiger partial charge in [-0.3, -0.25) is 4.79 Å². The van der Waals surface area contributed by atoms with Crippen LogP contribution in [0.5, 0.6) is 0 Å². The third-order valence-corrected chi connectivity index (χ3v) is 6.73. The summed E-state index contributed by atoms with van der Waals surface area (Å²) in [5.41, 5.74) is 0. The minimum Gasteiger partial charge on any atom is -0.335 e. The Morgan fingerprint density at radius 1 is 1.37 bits per heavy atom. The molecule has 0 aliphatic carbocycles. The Balaban J connectivity index is 1.76. The van der Waals surface area contributed by atoms with Crippen molar-refractivity contribution in [3.63, 3.8) is 0 Å². The average Bonchev–Trinajstić information content (AvgIpc) is 3.06. The molecule has 1 aromatic rings. The molecule has 6 heteroatoms. The predicted octanol–water partition coefficient (Wildman–Crippen LogP) is 1.85. The maximum Gasteiger partial charge on any atom is 0.227 e. The van der Waals surface area contributed by atoms with E-state index in [2.05, 4.69) is 6.07 Å². The van der Waals surface area contributed by atoms with Crippen molar-refractivity contribution in [3.8, 4) is 0 Å². The van der Waals surface area contributed by atoms with Gasteiger partial charge in [-0.2, -0.15) is 0 Å². The highest BCUT2D eigenvalue weighted by molar-refractivity contribution is 7.91. The van der Waals surface area contributed by atoms with Gasteiger partial charge in [-0.25, -0.2) is 8.42 Å². The predicted molar refractivity (Wildman–Crippen MR) is 74.8 cm³/mol. The fourth-order valence-corrected chi connectivity index (χ4v) is 5.64. The molecule has 1 amide bonds. The molecule has 2 aliphatic heterocycles. The highest BCUT2D eigenvalue weighted by Gasteiger charge is 2.39. The summed E-state index contributed by atoms with van der Waals surface area (Å²) in [4.78, 5) is 15.6. The molecule has 0 saturated carbocycles. The van der Waals surface area contributed by atoms with Crippen LogP contribution in [0.3, 0.4) is 0 Å². The van der Waals surface area contributed by atoms with Gasteiger partial charge in [-0.1, -0.05) is 6.07 Å². The monoisotopic (exact) mass is 299 g/mol. The molecule has 3 heterocycles. The second kappa shape index (κ2) is 4.90. The molecule has 2 aliphatic rings. The van der Waals surface area contributed by atoms with Crippen molar-refractivity contribution in [1.82, 2.24) is 4.90 Å². The van der Waals surface area contributed by atoms with Gasteiger partial charge in [-0.05, 0) is 30.7 Å². The van der Waals surface area contributed by atoms with Crippen LogP contribution >= 0.6 is 11.3 Å². The number of hydrogen-bond donors (Lipinski definition) is 0. The second-order valence-electron chi connectivity index (χ2n) is 5.31. The minimum absolute atomic E-state index is 0.0389. The first-order valence-electron chi connectivity index (χ1n) is 6.61. The van der Waals surface area contributed by atoms with Gasteiger partial charge in [0, 0.05) is 11.4 Å². The van der Waals surface area contributed by atoms with Crippen molar-refractivity contribution in [2.24, 2.45) is 5.92 Å². The Hall–Kier alpha value is -0.880. The standard InChI is InChI=1S/C13H17NO3S2/c15-13(10-5-8-19(16,17)9-10)14-6-1-3-11(14)12-4-2-7-18-12/h2,4,7,10-11H,1,3,5-6,8-9H2/t10-,11+/m1/s1. The summed E-state index contributed by atoms with van der Waals surface area (Å²) < 4.78 is 23.0. The first kappa shape index (κ1) is 13.1. The molecule has 3 rings (SSSR count). The van der Waals surface area contributed by atoms with Crippen LogP contribution < -0.4 is 0 Å². The van der Waals surface area contributed by atoms with Crippen LogP contribution in [0.4, 0.5) is 0 Å². The van der Waals surface area contributed by atoms with Gasteiger partial charge in [-0.15, -0.1) is 11.3 Å². The minimum atomic E-state index is -2.99. The maximum atomic E-state index is 12.5. The smallest absolute Gasteiger partial charge is 0.227 e. The van der Waals surface area contributed by atoms with E-state index in [1.807, 2.05) is 16.3 Å². The number of rotatable bonds is 2. The molecule has 0 N–H and O–H groups in total. The SMILES string of the molecule is O=C([C@@H]1CCS(=O)(=O)C1)N1CCC[C@H]1c1cccs1. The first-order chi connectivity index (χ1) is 9.07. The number of thiophene rings is 1. The summed E-state index contributed by atoms with van der Waals surface area (Å²) in [6.07, 6.45) is 2.49. The molecule has 0 bridgehead atoms. The molecule has 4 nitrogen and oxygen atoms in total. The van der Waals surface area contributed by atoms with E-state index in [0.29, 0.717) is 6.42 Å². The Bertz CT molecular complexity index is 565. The Labute approximate surface area is 117 Å². The molecule has 0 unspecified atom stereocenters. The lowest BCUT2D eigenvalue weighted by Gasteiger charge is -2.26. The Morgan fingerprint density at radius 3 is 2.84 bits per heavy atom. The van der Waals surface area contributed by atoms with Crippen molar-refractivity contribution in [1.29, 1.82) is 0 Å². The van der Waals surface area contributed by atoms with Crippen LogP contribution in [-0.2, 0) is 14.6 Å². The zero-order valence-corrected chi connectivity index (χ0v) is 12.3. The fraction of sp³-hybridized carbons (Fsp3) is 0.615. The van der Waals surface area contributed by atoms with Gasteiger partial charge < -0.3 is 4.90 Å². The number of carbonyl (C=O) groups excluding carboxylic acids is 1. The molecule has 0 aromatic carbocycles. The van der Waals surface area contributed by atoms with Gasteiger partial charge >= 0.3 is 0 Å². The van der Waals surface area contributed by atoms with E-state index in [4.69, 9.17) is 0 Å². The van der Waals surface area contributed by atoms with Crippen molar-refractivity contribution < 1.29 is 13.2 Å². The number of sulfone groups is 1. The molecule has 104 valence electrons. The van der Waals surface area contributed by atoms with Crippen molar-refractivity contribution in [2.75, 3.05) is 18.1 Å². The number of likely N-dealkylation sites (tertiary alicyclic amines) is 1. The van der Waals surface area contributed by atoms with Gasteiger partial charge in [0.1, 0.15) is 0 Å². The molecule has 2 fully saturated rings. The van der Waals surface area contributed by atoms with Crippen LogP contribution in [0.2, 0.25) is 0 Å². The normalized spacial score (nSPS) is 29.8. The number of hydrogen-bond acceptors (Lipinski definition) is 4. The van der Waals surface area contributed by atoms with Crippen LogP contribution in [-0.4, -0.2) is 37.3 Å². The lowest BCUT2D eigenvalue weighted by atomic mass is 10.1.